The molecule has 1 rings (SSSR count). The second kappa shape index (κ2) is 2.13. The minimum Gasteiger partial charge on any atom is -0.387 e. The van der Waals surface area contributed by atoms with Gasteiger partial charge >= 0.3 is 0 Å². The van der Waals surface area contributed by atoms with E-state index < -0.39 is 0 Å². The van der Waals surface area contributed by atoms with E-state index in [1.807, 2.05) is 0 Å². The molecule has 0 aromatic carbocycles. The van der Waals surface area contributed by atoms with Gasteiger partial charge in [0.2, 0.25) is 0 Å². The Kier molecular flexibility index (Phi) is 1.48. The summed E-state index contributed by atoms with van der Waals surface area (Å²) < 4.78 is 0. The van der Waals surface area contributed by atoms with Crippen LogP contribution >= 0.6 is 0 Å². The molecule has 0 bridgehead atoms. The molecule has 0 saturated carbocycles. The average Bonchev–Trinajstić information content (AvgIpc) is 2.12. The Morgan fingerprint density at radius 1 is 1.75 bits per heavy atom. The summed E-state index contributed by atoms with van der Waals surface area (Å²) in [7, 11) is 0. The second-order valence-electron chi connectivity index (χ2n) is 2.15. The zero-order chi connectivity index (χ0) is 5.98. The van der Waals surface area contributed by atoms with E-state index in [4.69, 9.17) is 11.1 Å². The lowest BCUT2D eigenvalue weighted by atomic mass is 10.1. The van der Waals surface area contributed by atoms with Crippen LogP contribution in [0.15, 0.2) is 0 Å². The van der Waals surface area contributed by atoms with Crippen LogP contribution in [0.4, 0.5) is 0 Å². The van der Waals surface area contributed by atoms with Crippen molar-refractivity contribution >= 4 is 5.84 Å². The van der Waals surface area contributed by atoms with Crippen LogP contribution in [0.2, 0.25) is 0 Å². The number of rotatable bonds is 1. The van der Waals surface area contributed by atoms with Crippen LogP contribution in [0.3, 0.4) is 0 Å². The van der Waals surface area contributed by atoms with Crippen LogP contribution in [0.1, 0.15) is 6.42 Å². The molecule has 1 aliphatic heterocycles. The molecule has 1 heterocycles. The van der Waals surface area contributed by atoms with Crippen LogP contribution in [0.25, 0.3) is 0 Å². The predicted octanol–water partition coefficient (Wildman–Crippen LogP) is -0.468. The van der Waals surface area contributed by atoms with E-state index >= 15 is 0 Å². The molecule has 1 unspecified atom stereocenters. The van der Waals surface area contributed by atoms with Crippen LogP contribution in [0, 0.1) is 11.3 Å². The third-order valence-corrected chi connectivity index (χ3v) is 1.50. The van der Waals surface area contributed by atoms with Crippen LogP contribution < -0.4 is 11.1 Å². The predicted molar refractivity (Wildman–Crippen MR) is 32.9 cm³/mol. The van der Waals surface area contributed by atoms with Gasteiger partial charge in [-0.2, -0.15) is 0 Å². The fourth-order valence-corrected chi connectivity index (χ4v) is 0.920. The summed E-state index contributed by atoms with van der Waals surface area (Å²) in [6.07, 6.45) is 1.04. The fraction of sp³-hybridized carbons (Fsp3) is 0.800. The molecule has 46 valence electrons. The van der Waals surface area contributed by atoms with Crippen molar-refractivity contribution in [3.8, 4) is 0 Å². The molecule has 3 nitrogen and oxygen atoms in total. The first kappa shape index (κ1) is 5.56. The van der Waals surface area contributed by atoms with Gasteiger partial charge in [-0.1, -0.05) is 0 Å². The van der Waals surface area contributed by atoms with Crippen molar-refractivity contribution in [2.24, 2.45) is 11.7 Å². The van der Waals surface area contributed by atoms with Crippen molar-refractivity contribution in [1.82, 2.24) is 5.32 Å². The monoisotopic (exact) mass is 113 g/mol. The Bertz CT molecular complexity index is 93.8. The van der Waals surface area contributed by atoms with Gasteiger partial charge in [0.25, 0.3) is 0 Å². The molecule has 4 N–H and O–H groups in total. The maximum Gasteiger partial charge on any atom is 0.0950 e. The van der Waals surface area contributed by atoms with Crippen LogP contribution in [-0.2, 0) is 0 Å². The molecular formula is C5H11N3. The van der Waals surface area contributed by atoms with Gasteiger partial charge in [-0.25, -0.2) is 0 Å². The van der Waals surface area contributed by atoms with Gasteiger partial charge in [0, 0.05) is 12.5 Å². The average molecular weight is 113 g/mol. The molecule has 3 heteroatoms. The summed E-state index contributed by atoms with van der Waals surface area (Å²) in [6.45, 7) is 1.92. The SMILES string of the molecule is N=C(N)C1CCNC1. The Morgan fingerprint density at radius 3 is 2.75 bits per heavy atom. The molecule has 0 aromatic rings. The zero-order valence-electron chi connectivity index (χ0n) is 4.78. The van der Waals surface area contributed by atoms with E-state index in [2.05, 4.69) is 5.32 Å². The minimum absolute atomic E-state index is 0.315. The van der Waals surface area contributed by atoms with E-state index in [0.29, 0.717) is 11.8 Å². The lowest BCUT2D eigenvalue weighted by Gasteiger charge is -2.01. The zero-order valence-corrected chi connectivity index (χ0v) is 4.78. The maximum atomic E-state index is 7.03. The molecule has 0 radical (unpaired) electrons. The van der Waals surface area contributed by atoms with Gasteiger partial charge in [-0.05, 0) is 13.0 Å². The molecule has 0 spiro atoms. The van der Waals surface area contributed by atoms with E-state index in [-0.39, 0.29) is 0 Å². The van der Waals surface area contributed by atoms with Gasteiger partial charge < -0.3 is 11.1 Å². The highest BCUT2D eigenvalue weighted by Crippen LogP contribution is 2.04. The van der Waals surface area contributed by atoms with E-state index in [0.717, 1.165) is 19.5 Å². The summed E-state index contributed by atoms with van der Waals surface area (Å²) in [5.41, 5.74) is 5.24. The Hall–Kier alpha value is -0.570. The van der Waals surface area contributed by atoms with Crippen molar-refractivity contribution in [1.29, 1.82) is 5.41 Å². The summed E-state index contributed by atoms with van der Waals surface area (Å²) in [5.74, 6) is 0.644. The first-order chi connectivity index (χ1) is 3.80. The molecule has 0 amide bonds. The molecule has 1 aliphatic rings. The minimum atomic E-state index is 0.315. The van der Waals surface area contributed by atoms with Crippen LogP contribution in [-0.4, -0.2) is 18.9 Å². The molecule has 0 aromatic heterocycles. The third kappa shape index (κ3) is 0.980. The highest BCUT2D eigenvalue weighted by atomic mass is 14.9. The van der Waals surface area contributed by atoms with Crippen molar-refractivity contribution in [2.75, 3.05) is 13.1 Å². The number of hydrogen-bond acceptors (Lipinski definition) is 2. The molecular weight excluding hydrogens is 102 g/mol. The molecule has 1 atom stereocenters. The fourth-order valence-electron chi connectivity index (χ4n) is 0.920. The normalized spacial score (nSPS) is 28.2. The summed E-state index contributed by atoms with van der Waals surface area (Å²) >= 11 is 0. The van der Waals surface area contributed by atoms with Crippen molar-refractivity contribution in [2.45, 2.75) is 6.42 Å². The quantitative estimate of drug-likeness (QED) is 0.318. The summed E-state index contributed by atoms with van der Waals surface area (Å²) in [6, 6.07) is 0. The third-order valence-electron chi connectivity index (χ3n) is 1.50. The van der Waals surface area contributed by atoms with E-state index in [1.54, 1.807) is 0 Å². The lowest BCUT2D eigenvalue weighted by molar-refractivity contribution is 0.759. The smallest absolute Gasteiger partial charge is 0.0950 e. The van der Waals surface area contributed by atoms with Gasteiger partial charge in [0.1, 0.15) is 0 Å². The van der Waals surface area contributed by atoms with Crippen molar-refractivity contribution in [3.05, 3.63) is 0 Å². The first-order valence-electron chi connectivity index (χ1n) is 2.85. The first-order valence-corrected chi connectivity index (χ1v) is 2.85. The van der Waals surface area contributed by atoms with Gasteiger partial charge in [-0.15, -0.1) is 0 Å². The highest BCUT2D eigenvalue weighted by molar-refractivity contribution is 5.80. The molecule has 0 aliphatic carbocycles. The second-order valence-corrected chi connectivity index (χ2v) is 2.15. The molecule has 1 saturated heterocycles. The summed E-state index contributed by atoms with van der Waals surface area (Å²) in [4.78, 5) is 0. The van der Waals surface area contributed by atoms with Gasteiger partial charge in [0.15, 0.2) is 0 Å². The Balaban J connectivity index is 2.35. The van der Waals surface area contributed by atoms with E-state index in [9.17, 15) is 0 Å². The maximum absolute atomic E-state index is 7.03. The Labute approximate surface area is 48.8 Å². The topological polar surface area (TPSA) is 61.9 Å². The van der Waals surface area contributed by atoms with Crippen molar-refractivity contribution < 1.29 is 0 Å². The van der Waals surface area contributed by atoms with Crippen LogP contribution in [0.5, 0.6) is 0 Å². The number of amidine groups is 1. The molecule has 1 fully saturated rings. The lowest BCUT2D eigenvalue weighted by Crippen LogP contribution is -2.24. The largest absolute Gasteiger partial charge is 0.387 e. The number of hydrogen-bond donors (Lipinski definition) is 3. The van der Waals surface area contributed by atoms with E-state index in [1.165, 1.54) is 0 Å². The van der Waals surface area contributed by atoms with Gasteiger partial charge in [-0.3, -0.25) is 5.41 Å². The standard InChI is InChI=1S/C5H11N3/c6-5(7)4-1-2-8-3-4/h4,8H,1-3H2,(H3,6,7). The summed E-state index contributed by atoms with van der Waals surface area (Å²) in [5, 5.41) is 10.2. The number of nitrogens with two attached hydrogens (primary N) is 1. The number of nitrogens with one attached hydrogen (secondary N) is 2. The van der Waals surface area contributed by atoms with Gasteiger partial charge in [0.05, 0.1) is 5.84 Å². The molecule has 8 heavy (non-hydrogen) atoms. The Morgan fingerprint density at radius 2 is 2.50 bits per heavy atom. The van der Waals surface area contributed by atoms with Crippen molar-refractivity contribution in [3.63, 3.8) is 0 Å². The highest BCUT2D eigenvalue weighted by Gasteiger charge is 2.15.